The van der Waals surface area contributed by atoms with Crippen molar-refractivity contribution in [1.29, 1.82) is 0 Å². The Morgan fingerprint density at radius 2 is 2.54 bits per heavy atom. The van der Waals surface area contributed by atoms with E-state index >= 15 is 0 Å². The summed E-state index contributed by atoms with van der Waals surface area (Å²) in [6.07, 6.45) is 2.12. The lowest BCUT2D eigenvalue weighted by Gasteiger charge is -1.98. The highest BCUT2D eigenvalue weighted by atomic mass is 32.2. The van der Waals surface area contributed by atoms with E-state index in [1.54, 1.807) is 11.8 Å². The van der Waals surface area contributed by atoms with Crippen LogP contribution in [0.2, 0.25) is 0 Å². The second-order valence-electron chi connectivity index (χ2n) is 2.76. The average molecular weight is 200 g/mol. The quantitative estimate of drug-likeness (QED) is 0.776. The van der Waals surface area contributed by atoms with Gasteiger partial charge in [0.05, 0.1) is 5.25 Å². The third-order valence-corrected chi connectivity index (χ3v) is 3.20. The predicted octanol–water partition coefficient (Wildman–Crippen LogP) is 1.34. The minimum atomic E-state index is -1.14. The molecule has 1 aliphatic rings. The van der Waals surface area contributed by atoms with Crippen molar-refractivity contribution in [3.63, 3.8) is 0 Å². The lowest BCUT2D eigenvalue weighted by atomic mass is 10.2. The van der Waals surface area contributed by atoms with E-state index in [0.717, 1.165) is 18.6 Å². The fourth-order valence-electron chi connectivity index (χ4n) is 1.23. The van der Waals surface area contributed by atoms with Crippen LogP contribution in [-0.2, 0) is 0 Å². The molecule has 1 unspecified atom stereocenters. The molecule has 0 bridgehead atoms. The lowest BCUT2D eigenvalue weighted by molar-refractivity contribution is 0.0680. The van der Waals surface area contributed by atoms with Crippen molar-refractivity contribution in [2.24, 2.45) is 0 Å². The molecule has 13 heavy (non-hydrogen) atoms. The van der Waals surface area contributed by atoms with Crippen molar-refractivity contribution in [2.75, 3.05) is 5.75 Å². The van der Waals surface area contributed by atoms with Gasteiger partial charge >= 0.3 is 5.97 Å². The zero-order valence-corrected chi connectivity index (χ0v) is 7.58. The molecule has 0 aromatic carbocycles. The molecule has 0 aliphatic carbocycles. The molecule has 1 aliphatic heterocycles. The molecular formula is C7H8N2O3S. The number of thioether (sulfide) groups is 1. The number of rotatable bonds is 2. The number of carboxylic acids is 1. The van der Waals surface area contributed by atoms with Gasteiger partial charge in [-0.05, 0) is 23.8 Å². The maximum absolute atomic E-state index is 10.4. The highest BCUT2D eigenvalue weighted by Gasteiger charge is 2.24. The van der Waals surface area contributed by atoms with Gasteiger partial charge in [0.1, 0.15) is 0 Å². The Hall–Kier alpha value is -1.04. The molecule has 1 N–H and O–H groups in total. The normalized spacial score (nSPS) is 22.0. The summed E-state index contributed by atoms with van der Waals surface area (Å²) in [5, 5.41) is 12.1. The van der Waals surface area contributed by atoms with Crippen LogP contribution < -0.4 is 0 Å². The standard InChI is InChI=1S/C7H8N2O3S/c10-7(11)5-8-6(12-9-5)4-2-1-3-13-4/h4H,1-3H2,(H,10,11). The van der Waals surface area contributed by atoms with Gasteiger partial charge in [-0.15, -0.1) is 11.8 Å². The monoisotopic (exact) mass is 200 g/mol. The van der Waals surface area contributed by atoms with Crippen LogP contribution in [0, 0.1) is 0 Å². The van der Waals surface area contributed by atoms with Crippen LogP contribution >= 0.6 is 11.8 Å². The van der Waals surface area contributed by atoms with Crippen molar-refractivity contribution in [2.45, 2.75) is 18.1 Å². The Morgan fingerprint density at radius 1 is 1.69 bits per heavy atom. The topological polar surface area (TPSA) is 76.2 Å². The first-order valence-corrected chi connectivity index (χ1v) is 5.01. The van der Waals surface area contributed by atoms with Gasteiger partial charge < -0.3 is 9.63 Å². The molecule has 70 valence electrons. The molecule has 0 saturated carbocycles. The van der Waals surface area contributed by atoms with Gasteiger partial charge in [0.15, 0.2) is 0 Å². The lowest BCUT2D eigenvalue weighted by Crippen LogP contribution is -1.99. The molecule has 1 fully saturated rings. The van der Waals surface area contributed by atoms with Gasteiger partial charge in [0.2, 0.25) is 5.89 Å². The fraction of sp³-hybridized carbons (Fsp3) is 0.571. The van der Waals surface area contributed by atoms with Crippen molar-refractivity contribution >= 4 is 17.7 Å². The van der Waals surface area contributed by atoms with E-state index < -0.39 is 5.97 Å². The zero-order valence-electron chi connectivity index (χ0n) is 6.77. The van der Waals surface area contributed by atoms with Crippen LogP contribution in [0.4, 0.5) is 0 Å². The largest absolute Gasteiger partial charge is 0.475 e. The number of nitrogens with zero attached hydrogens (tertiary/aromatic N) is 2. The Bertz CT molecular complexity index is 319. The molecule has 0 amide bonds. The maximum atomic E-state index is 10.4. The molecule has 1 aromatic heterocycles. The first-order chi connectivity index (χ1) is 6.27. The van der Waals surface area contributed by atoms with E-state index in [-0.39, 0.29) is 11.1 Å². The first-order valence-electron chi connectivity index (χ1n) is 3.96. The molecule has 2 heterocycles. The van der Waals surface area contributed by atoms with E-state index in [9.17, 15) is 4.79 Å². The van der Waals surface area contributed by atoms with Gasteiger partial charge in [-0.1, -0.05) is 0 Å². The summed E-state index contributed by atoms with van der Waals surface area (Å²) in [7, 11) is 0. The highest BCUT2D eigenvalue weighted by Crippen LogP contribution is 2.38. The van der Waals surface area contributed by atoms with Gasteiger partial charge in [-0.25, -0.2) is 4.79 Å². The zero-order chi connectivity index (χ0) is 9.26. The van der Waals surface area contributed by atoms with Crippen LogP contribution in [0.5, 0.6) is 0 Å². The fourth-order valence-corrected chi connectivity index (χ4v) is 2.41. The van der Waals surface area contributed by atoms with Crippen LogP contribution in [0.1, 0.15) is 34.6 Å². The summed E-state index contributed by atoms with van der Waals surface area (Å²) in [5.74, 6) is 0.135. The summed E-state index contributed by atoms with van der Waals surface area (Å²) in [6, 6.07) is 0. The van der Waals surface area contributed by atoms with E-state index in [1.165, 1.54) is 0 Å². The highest BCUT2D eigenvalue weighted by molar-refractivity contribution is 7.99. The van der Waals surface area contributed by atoms with E-state index in [2.05, 4.69) is 10.1 Å². The summed E-state index contributed by atoms with van der Waals surface area (Å²) >= 11 is 1.73. The molecular weight excluding hydrogens is 192 g/mol. The number of carboxylic acid groups (broad SMARTS) is 1. The predicted molar refractivity (Wildman–Crippen MR) is 45.7 cm³/mol. The number of aromatic carboxylic acids is 1. The molecule has 1 atom stereocenters. The molecule has 6 heteroatoms. The van der Waals surface area contributed by atoms with E-state index in [4.69, 9.17) is 9.63 Å². The Balaban J connectivity index is 2.16. The maximum Gasteiger partial charge on any atom is 0.377 e. The summed E-state index contributed by atoms with van der Waals surface area (Å²) in [4.78, 5) is 14.2. The summed E-state index contributed by atoms with van der Waals surface area (Å²) in [5.41, 5.74) is 0. The van der Waals surface area contributed by atoms with Crippen molar-refractivity contribution in [3.05, 3.63) is 11.7 Å². The summed E-state index contributed by atoms with van der Waals surface area (Å²) < 4.78 is 4.85. The third kappa shape index (κ3) is 1.67. The number of carbonyl (C=O) groups is 1. The Kier molecular flexibility index (Phi) is 2.22. The minimum Gasteiger partial charge on any atom is -0.475 e. The molecule has 2 rings (SSSR count). The van der Waals surface area contributed by atoms with Gasteiger partial charge in [0, 0.05) is 0 Å². The van der Waals surface area contributed by atoms with Crippen LogP contribution in [0.15, 0.2) is 4.52 Å². The van der Waals surface area contributed by atoms with Gasteiger partial charge in [0.25, 0.3) is 5.82 Å². The molecule has 0 radical (unpaired) electrons. The minimum absolute atomic E-state index is 0.195. The van der Waals surface area contributed by atoms with Gasteiger partial charge in [-0.2, -0.15) is 4.98 Å². The van der Waals surface area contributed by atoms with E-state index in [0.29, 0.717) is 5.89 Å². The van der Waals surface area contributed by atoms with Crippen LogP contribution in [0.3, 0.4) is 0 Å². The van der Waals surface area contributed by atoms with Crippen molar-refractivity contribution in [3.8, 4) is 0 Å². The number of hydrogen-bond acceptors (Lipinski definition) is 5. The van der Waals surface area contributed by atoms with Gasteiger partial charge in [-0.3, -0.25) is 0 Å². The van der Waals surface area contributed by atoms with Crippen LogP contribution in [-0.4, -0.2) is 27.0 Å². The smallest absolute Gasteiger partial charge is 0.377 e. The molecule has 5 nitrogen and oxygen atoms in total. The number of aromatic nitrogens is 2. The SMILES string of the molecule is O=C(O)c1noc(C2CCCS2)n1. The third-order valence-electron chi connectivity index (χ3n) is 1.84. The number of hydrogen-bond donors (Lipinski definition) is 1. The molecule has 1 aromatic rings. The molecule has 1 saturated heterocycles. The molecule has 0 spiro atoms. The van der Waals surface area contributed by atoms with Crippen molar-refractivity contribution < 1.29 is 14.4 Å². The Labute approximate surface area is 78.5 Å². The van der Waals surface area contributed by atoms with Crippen LogP contribution in [0.25, 0.3) is 0 Å². The Morgan fingerprint density at radius 3 is 3.08 bits per heavy atom. The average Bonchev–Trinajstić information content (AvgIpc) is 2.75. The second kappa shape index (κ2) is 3.37. The van der Waals surface area contributed by atoms with Crippen molar-refractivity contribution in [1.82, 2.24) is 10.1 Å². The first kappa shape index (κ1) is 8.55. The van der Waals surface area contributed by atoms with E-state index in [1.807, 2.05) is 0 Å². The second-order valence-corrected chi connectivity index (χ2v) is 4.07. The summed E-state index contributed by atoms with van der Waals surface area (Å²) in [6.45, 7) is 0.